The minimum absolute atomic E-state index is 0.0390. The van der Waals surface area contributed by atoms with Crippen molar-refractivity contribution < 1.29 is 13.9 Å². The number of hydrogen-bond donors (Lipinski definition) is 1. The molecule has 0 saturated heterocycles. The SMILES string of the molecule is O=C1NCc2c(OCc3ccc(CN4CCc5ccc(F)cc5C4)cc3)cccc21. The van der Waals surface area contributed by atoms with Crippen LogP contribution >= 0.6 is 0 Å². The first kappa shape index (κ1) is 18.8. The van der Waals surface area contributed by atoms with Gasteiger partial charge >= 0.3 is 0 Å². The zero-order valence-electron chi connectivity index (χ0n) is 16.7. The Hall–Kier alpha value is -3.18. The van der Waals surface area contributed by atoms with Gasteiger partial charge in [-0.05, 0) is 52.9 Å². The Kier molecular flexibility index (Phi) is 4.97. The lowest BCUT2D eigenvalue weighted by Crippen LogP contribution is -2.30. The predicted molar refractivity (Wildman–Crippen MR) is 113 cm³/mol. The van der Waals surface area contributed by atoms with Crippen LogP contribution in [0.3, 0.4) is 0 Å². The van der Waals surface area contributed by atoms with Gasteiger partial charge in [0.15, 0.2) is 0 Å². The minimum Gasteiger partial charge on any atom is -0.489 e. The molecule has 0 saturated carbocycles. The fourth-order valence-electron chi connectivity index (χ4n) is 4.24. The molecule has 0 atom stereocenters. The number of carbonyl (C=O) groups is 1. The number of hydrogen-bond acceptors (Lipinski definition) is 3. The summed E-state index contributed by atoms with van der Waals surface area (Å²) in [6.45, 7) is 3.59. The van der Waals surface area contributed by atoms with E-state index in [0.717, 1.165) is 48.5 Å². The maximum Gasteiger partial charge on any atom is 0.252 e. The molecule has 0 aliphatic carbocycles. The van der Waals surface area contributed by atoms with E-state index < -0.39 is 0 Å². The minimum atomic E-state index is -0.163. The number of halogens is 1. The average Bonchev–Trinajstić information content (AvgIpc) is 3.14. The number of amides is 1. The van der Waals surface area contributed by atoms with Gasteiger partial charge < -0.3 is 10.1 Å². The summed E-state index contributed by atoms with van der Waals surface area (Å²) in [6, 6.07) is 19.1. The molecule has 0 fully saturated rings. The molecule has 2 aliphatic heterocycles. The van der Waals surface area contributed by atoms with Gasteiger partial charge in [0.1, 0.15) is 18.2 Å². The van der Waals surface area contributed by atoms with Crippen LogP contribution < -0.4 is 10.1 Å². The van der Waals surface area contributed by atoms with Crippen molar-refractivity contribution in [1.29, 1.82) is 0 Å². The van der Waals surface area contributed by atoms with Crippen molar-refractivity contribution in [2.75, 3.05) is 6.54 Å². The van der Waals surface area contributed by atoms with E-state index in [4.69, 9.17) is 4.74 Å². The largest absolute Gasteiger partial charge is 0.489 e. The zero-order valence-corrected chi connectivity index (χ0v) is 16.7. The Bertz CT molecular complexity index is 1090. The fraction of sp³-hybridized carbons (Fsp3) is 0.240. The van der Waals surface area contributed by atoms with Gasteiger partial charge in [0.25, 0.3) is 5.91 Å². The first-order chi connectivity index (χ1) is 14.7. The predicted octanol–water partition coefficient (Wildman–Crippen LogP) is 4.21. The summed E-state index contributed by atoms with van der Waals surface area (Å²) in [5.74, 6) is 0.557. The Morgan fingerprint density at radius 2 is 1.83 bits per heavy atom. The number of nitrogens with zero attached hydrogens (tertiary/aromatic N) is 1. The second-order valence-electron chi connectivity index (χ2n) is 7.94. The summed E-state index contributed by atoms with van der Waals surface area (Å²) >= 11 is 0. The number of ether oxygens (including phenoxy) is 1. The maximum absolute atomic E-state index is 13.5. The smallest absolute Gasteiger partial charge is 0.252 e. The maximum atomic E-state index is 13.5. The van der Waals surface area contributed by atoms with E-state index in [1.807, 2.05) is 24.3 Å². The van der Waals surface area contributed by atoms with Gasteiger partial charge in [-0.2, -0.15) is 0 Å². The average molecular weight is 402 g/mol. The van der Waals surface area contributed by atoms with Crippen molar-refractivity contribution in [2.24, 2.45) is 0 Å². The standard InChI is InChI=1S/C25H23FN2O2/c26-21-9-8-19-10-11-28(15-20(19)12-21)14-17-4-6-18(7-5-17)16-30-24-3-1-2-22-23(24)13-27-25(22)29/h1-9,12H,10-11,13-16H2,(H,27,29). The molecule has 5 heteroatoms. The molecular weight excluding hydrogens is 379 g/mol. The van der Waals surface area contributed by atoms with Crippen molar-refractivity contribution in [2.45, 2.75) is 32.7 Å². The molecular formula is C25H23FN2O2. The van der Waals surface area contributed by atoms with Crippen molar-refractivity contribution in [3.8, 4) is 5.75 Å². The van der Waals surface area contributed by atoms with E-state index in [-0.39, 0.29) is 11.7 Å². The lowest BCUT2D eigenvalue weighted by molar-refractivity contribution is 0.0965. The number of fused-ring (bicyclic) bond motifs is 2. The molecule has 152 valence electrons. The quantitative estimate of drug-likeness (QED) is 0.695. The highest BCUT2D eigenvalue weighted by molar-refractivity contribution is 5.99. The molecule has 3 aromatic rings. The van der Waals surface area contributed by atoms with E-state index in [2.05, 4.69) is 34.5 Å². The van der Waals surface area contributed by atoms with E-state index >= 15 is 0 Å². The Balaban J connectivity index is 1.20. The van der Waals surface area contributed by atoms with Gasteiger partial charge in [-0.1, -0.05) is 36.4 Å². The van der Waals surface area contributed by atoms with Gasteiger partial charge in [-0.3, -0.25) is 9.69 Å². The van der Waals surface area contributed by atoms with Crippen molar-refractivity contribution in [3.05, 3.63) is 99.9 Å². The monoisotopic (exact) mass is 402 g/mol. The number of rotatable bonds is 5. The third kappa shape index (κ3) is 3.81. The van der Waals surface area contributed by atoms with Crippen LogP contribution in [-0.2, 0) is 32.7 Å². The summed E-state index contributed by atoms with van der Waals surface area (Å²) in [5, 5.41) is 2.83. The molecule has 0 bridgehead atoms. The highest BCUT2D eigenvalue weighted by atomic mass is 19.1. The summed E-state index contributed by atoms with van der Waals surface area (Å²) in [4.78, 5) is 14.1. The van der Waals surface area contributed by atoms with Crippen LogP contribution in [0.1, 0.15) is 38.2 Å². The lowest BCUT2D eigenvalue weighted by atomic mass is 9.99. The van der Waals surface area contributed by atoms with Gasteiger partial charge in [-0.15, -0.1) is 0 Å². The molecule has 30 heavy (non-hydrogen) atoms. The summed E-state index contributed by atoms with van der Waals surface area (Å²) in [5.41, 5.74) is 6.29. The highest BCUT2D eigenvalue weighted by Crippen LogP contribution is 2.27. The molecule has 0 radical (unpaired) electrons. The van der Waals surface area contributed by atoms with Crippen LogP contribution in [0.15, 0.2) is 60.7 Å². The van der Waals surface area contributed by atoms with E-state index in [0.29, 0.717) is 18.7 Å². The summed E-state index contributed by atoms with van der Waals surface area (Å²) < 4.78 is 19.5. The van der Waals surface area contributed by atoms with E-state index in [9.17, 15) is 9.18 Å². The van der Waals surface area contributed by atoms with E-state index in [1.54, 1.807) is 12.1 Å². The second kappa shape index (κ2) is 7.92. The molecule has 2 heterocycles. The Labute approximate surface area is 175 Å². The normalized spacial score (nSPS) is 15.4. The first-order valence-corrected chi connectivity index (χ1v) is 10.3. The Morgan fingerprint density at radius 3 is 2.70 bits per heavy atom. The lowest BCUT2D eigenvalue weighted by Gasteiger charge is -2.28. The third-order valence-corrected chi connectivity index (χ3v) is 5.89. The summed E-state index contributed by atoms with van der Waals surface area (Å²) in [6.07, 6.45) is 0.959. The van der Waals surface area contributed by atoms with Crippen molar-refractivity contribution in [1.82, 2.24) is 10.2 Å². The van der Waals surface area contributed by atoms with Gasteiger partial charge in [0, 0.05) is 37.3 Å². The fourth-order valence-corrected chi connectivity index (χ4v) is 4.24. The number of nitrogens with one attached hydrogen (secondary N) is 1. The van der Waals surface area contributed by atoms with Gasteiger partial charge in [-0.25, -0.2) is 4.39 Å². The first-order valence-electron chi connectivity index (χ1n) is 10.3. The van der Waals surface area contributed by atoms with E-state index in [1.165, 1.54) is 11.1 Å². The second-order valence-corrected chi connectivity index (χ2v) is 7.94. The zero-order chi connectivity index (χ0) is 20.5. The third-order valence-electron chi connectivity index (χ3n) is 5.89. The van der Waals surface area contributed by atoms with Crippen LogP contribution in [0.25, 0.3) is 0 Å². The molecule has 3 aromatic carbocycles. The molecule has 2 aliphatic rings. The molecule has 4 nitrogen and oxygen atoms in total. The van der Waals surface area contributed by atoms with Crippen LogP contribution in [0.2, 0.25) is 0 Å². The van der Waals surface area contributed by atoms with Crippen LogP contribution in [0.5, 0.6) is 5.75 Å². The molecule has 0 aromatic heterocycles. The van der Waals surface area contributed by atoms with Crippen LogP contribution in [0, 0.1) is 5.82 Å². The van der Waals surface area contributed by atoms with Gasteiger partial charge in [0.05, 0.1) is 0 Å². The molecule has 5 rings (SSSR count). The molecule has 0 unspecified atom stereocenters. The molecule has 0 spiro atoms. The molecule has 1 amide bonds. The Morgan fingerprint density at radius 1 is 1.00 bits per heavy atom. The van der Waals surface area contributed by atoms with Gasteiger partial charge in [0.2, 0.25) is 0 Å². The molecule has 1 N–H and O–H groups in total. The summed E-state index contributed by atoms with van der Waals surface area (Å²) in [7, 11) is 0. The van der Waals surface area contributed by atoms with Crippen LogP contribution in [0.4, 0.5) is 4.39 Å². The van der Waals surface area contributed by atoms with Crippen LogP contribution in [-0.4, -0.2) is 17.4 Å². The van der Waals surface area contributed by atoms with Crippen molar-refractivity contribution in [3.63, 3.8) is 0 Å². The highest BCUT2D eigenvalue weighted by Gasteiger charge is 2.22. The number of carbonyl (C=O) groups excluding carboxylic acids is 1. The van der Waals surface area contributed by atoms with Crippen molar-refractivity contribution >= 4 is 5.91 Å². The number of benzene rings is 3. The topological polar surface area (TPSA) is 41.6 Å².